The van der Waals surface area contributed by atoms with Crippen LogP contribution in [0, 0.1) is 0 Å². The molecule has 0 aliphatic rings. The maximum Gasteiger partial charge on any atom is 0.0437 e. The molecule has 0 aromatic carbocycles. The van der Waals surface area contributed by atoms with E-state index in [-0.39, 0.29) is 0 Å². The molecule has 0 N–H and O–H groups in total. The van der Waals surface area contributed by atoms with Gasteiger partial charge in [-0.3, -0.25) is 0 Å². The summed E-state index contributed by atoms with van der Waals surface area (Å²) < 4.78 is 4.83. The summed E-state index contributed by atoms with van der Waals surface area (Å²) in [6.45, 7) is 5.67. The molecular formula is C4H10O4P-3. The van der Waals surface area contributed by atoms with E-state index in [1.165, 1.54) is 0 Å². The van der Waals surface area contributed by atoms with Gasteiger partial charge in [0.25, 0.3) is 0 Å². The molecule has 58 valence electrons. The van der Waals surface area contributed by atoms with Gasteiger partial charge in [-0.25, -0.2) is 0 Å². The lowest BCUT2D eigenvalue weighted by Crippen LogP contribution is -2.18. The molecule has 4 nitrogen and oxygen atoms in total. The second-order valence-corrected chi connectivity index (χ2v) is 1.45. The van der Waals surface area contributed by atoms with Crippen molar-refractivity contribution in [3.8, 4) is 0 Å². The predicted octanol–water partition coefficient (Wildman–Crippen LogP) is -1.66. The number of ether oxygens (including phenoxy) is 1. The summed E-state index contributed by atoms with van der Waals surface area (Å²) in [6.07, 6.45) is 0. The first-order valence-corrected chi connectivity index (χ1v) is 3.63. The van der Waals surface area contributed by atoms with E-state index in [0.717, 1.165) is 13.2 Å². The van der Waals surface area contributed by atoms with Crippen molar-refractivity contribution in [2.75, 3.05) is 13.2 Å². The monoisotopic (exact) mass is 153 g/mol. The molecule has 0 saturated heterocycles. The molecule has 0 amide bonds. The van der Waals surface area contributed by atoms with Crippen LogP contribution in [-0.4, -0.2) is 13.2 Å². The fourth-order valence-electron chi connectivity index (χ4n) is 0.204. The Morgan fingerprint density at radius 3 is 1.33 bits per heavy atom. The first kappa shape index (κ1) is 12.0. The lowest BCUT2D eigenvalue weighted by atomic mass is 10.8. The summed E-state index contributed by atoms with van der Waals surface area (Å²) in [6, 6.07) is 0. The van der Waals surface area contributed by atoms with Crippen LogP contribution >= 0.6 is 8.60 Å². The Balaban J connectivity index is 0. The van der Waals surface area contributed by atoms with Crippen LogP contribution in [0.1, 0.15) is 13.8 Å². The molecule has 0 saturated carbocycles. The van der Waals surface area contributed by atoms with E-state index in [1.54, 1.807) is 0 Å². The van der Waals surface area contributed by atoms with E-state index in [4.69, 9.17) is 19.4 Å². The molecule has 5 heteroatoms. The van der Waals surface area contributed by atoms with Crippen molar-refractivity contribution >= 4 is 8.60 Å². The van der Waals surface area contributed by atoms with Crippen LogP contribution < -0.4 is 14.7 Å². The van der Waals surface area contributed by atoms with Crippen LogP contribution in [0.3, 0.4) is 0 Å². The van der Waals surface area contributed by atoms with Gasteiger partial charge < -0.3 is 28.0 Å². The Hall–Kier alpha value is 0.270. The van der Waals surface area contributed by atoms with Gasteiger partial charge in [-0.1, -0.05) is 0 Å². The van der Waals surface area contributed by atoms with Gasteiger partial charge in [0.1, 0.15) is 0 Å². The van der Waals surface area contributed by atoms with Crippen molar-refractivity contribution in [2.45, 2.75) is 13.8 Å². The minimum atomic E-state index is -3.37. The first-order chi connectivity index (χ1) is 4.15. The second-order valence-electron chi connectivity index (χ2n) is 1.01. The van der Waals surface area contributed by atoms with Gasteiger partial charge in [0, 0.05) is 13.2 Å². The maximum atomic E-state index is 8.48. The van der Waals surface area contributed by atoms with Gasteiger partial charge in [-0.05, 0) is 13.8 Å². The smallest absolute Gasteiger partial charge is 0.0437 e. The minimum Gasteiger partial charge on any atom is -0.854 e. The van der Waals surface area contributed by atoms with Crippen molar-refractivity contribution in [2.24, 2.45) is 0 Å². The van der Waals surface area contributed by atoms with Gasteiger partial charge in [-0.15, -0.1) is 0 Å². The lowest BCUT2D eigenvalue weighted by molar-refractivity contribution is -0.407. The molecule has 0 fully saturated rings. The molecule has 0 heterocycles. The standard InChI is InChI=1S/C4H10O.O3P/c1-3-5-4-2;1-4(2)3/h3-4H2,1-2H3;/q;-3. The van der Waals surface area contributed by atoms with Crippen molar-refractivity contribution in [1.29, 1.82) is 0 Å². The van der Waals surface area contributed by atoms with Gasteiger partial charge in [0.15, 0.2) is 0 Å². The third kappa shape index (κ3) is 63.1. The van der Waals surface area contributed by atoms with E-state index in [0.29, 0.717) is 0 Å². The largest absolute Gasteiger partial charge is 0.854 e. The SMILES string of the molecule is CCOCC.[O-]P([O-])[O-]. The zero-order valence-corrected chi connectivity index (χ0v) is 6.39. The van der Waals surface area contributed by atoms with Crippen LogP contribution in [0.2, 0.25) is 0 Å². The predicted molar refractivity (Wildman–Crippen MR) is 29.1 cm³/mol. The molecule has 0 unspecified atom stereocenters. The highest BCUT2D eigenvalue weighted by atomic mass is 31.2. The van der Waals surface area contributed by atoms with Crippen molar-refractivity contribution in [3.05, 3.63) is 0 Å². The number of hydrogen-bond donors (Lipinski definition) is 0. The summed E-state index contributed by atoms with van der Waals surface area (Å²) in [5.41, 5.74) is 0. The summed E-state index contributed by atoms with van der Waals surface area (Å²) in [4.78, 5) is 25.4. The molecule has 0 aliphatic heterocycles. The third-order valence-corrected chi connectivity index (χ3v) is 0.408. The zero-order chi connectivity index (χ0) is 7.70. The quantitative estimate of drug-likeness (QED) is 0.444. The van der Waals surface area contributed by atoms with Crippen LogP contribution in [0.4, 0.5) is 0 Å². The fraction of sp³-hybridized carbons (Fsp3) is 1.00. The highest BCUT2D eigenvalue weighted by molar-refractivity contribution is 7.33. The maximum absolute atomic E-state index is 8.48. The molecule has 0 atom stereocenters. The highest BCUT2D eigenvalue weighted by Crippen LogP contribution is 1.85. The van der Waals surface area contributed by atoms with E-state index in [9.17, 15) is 0 Å². The van der Waals surface area contributed by atoms with Crippen LogP contribution in [0.25, 0.3) is 0 Å². The summed E-state index contributed by atoms with van der Waals surface area (Å²) in [5.74, 6) is 0. The zero-order valence-electron chi connectivity index (χ0n) is 5.49. The van der Waals surface area contributed by atoms with Crippen LogP contribution in [-0.2, 0) is 4.74 Å². The van der Waals surface area contributed by atoms with Crippen molar-refractivity contribution < 1.29 is 19.4 Å². The van der Waals surface area contributed by atoms with Gasteiger partial charge in [0.05, 0.1) is 0 Å². The molecule has 0 radical (unpaired) electrons. The number of hydrogen-bond acceptors (Lipinski definition) is 4. The Morgan fingerprint density at radius 1 is 1.11 bits per heavy atom. The molecule has 0 aromatic heterocycles. The Morgan fingerprint density at radius 2 is 1.33 bits per heavy atom. The average Bonchev–Trinajstić information content (AvgIpc) is 1.66. The molecule has 0 aliphatic carbocycles. The topological polar surface area (TPSA) is 78.4 Å². The Kier molecular flexibility index (Phi) is 14.8. The molecule has 0 bridgehead atoms. The van der Waals surface area contributed by atoms with E-state index >= 15 is 0 Å². The van der Waals surface area contributed by atoms with Crippen molar-refractivity contribution in [1.82, 2.24) is 0 Å². The lowest BCUT2D eigenvalue weighted by Gasteiger charge is -2.39. The van der Waals surface area contributed by atoms with Gasteiger partial charge in [-0.2, -0.15) is 0 Å². The molecular weight excluding hydrogens is 143 g/mol. The number of rotatable bonds is 2. The highest BCUT2D eigenvalue weighted by Gasteiger charge is 1.64. The van der Waals surface area contributed by atoms with Crippen molar-refractivity contribution in [3.63, 3.8) is 0 Å². The normalized spacial score (nSPS) is 8.67. The third-order valence-electron chi connectivity index (χ3n) is 0.408. The van der Waals surface area contributed by atoms with Gasteiger partial charge in [0.2, 0.25) is 0 Å². The summed E-state index contributed by atoms with van der Waals surface area (Å²) in [7, 11) is -3.37. The Bertz CT molecular complexity index is 36.8. The van der Waals surface area contributed by atoms with Crippen LogP contribution in [0.5, 0.6) is 0 Å². The van der Waals surface area contributed by atoms with E-state index in [1.807, 2.05) is 13.8 Å². The summed E-state index contributed by atoms with van der Waals surface area (Å²) in [5, 5.41) is 0. The van der Waals surface area contributed by atoms with E-state index in [2.05, 4.69) is 0 Å². The fourth-order valence-corrected chi connectivity index (χ4v) is 0.204. The average molecular weight is 153 g/mol. The first-order valence-electron chi connectivity index (χ1n) is 2.54. The molecule has 0 rings (SSSR count). The summed E-state index contributed by atoms with van der Waals surface area (Å²) >= 11 is 0. The molecule has 0 aromatic rings. The van der Waals surface area contributed by atoms with Crippen LogP contribution in [0.15, 0.2) is 0 Å². The molecule has 0 spiro atoms. The molecule has 9 heavy (non-hydrogen) atoms. The Labute approximate surface area is 56.1 Å². The second kappa shape index (κ2) is 11.1. The minimum absolute atomic E-state index is 0.844. The van der Waals surface area contributed by atoms with E-state index < -0.39 is 8.60 Å². The van der Waals surface area contributed by atoms with Gasteiger partial charge >= 0.3 is 0 Å².